The molecule has 0 spiro atoms. The normalized spacial score (nSPS) is 15.6. The minimum absolute atomic E-state index is 0.0965. The number of carbonyl (C=O) groups is 1. The van der Waals surface area contributed by atoms with E-state index in [1.54, 1.807) is 9.08 Å². The summed E-state index contributed by atoms with van der Waals surface area (Å²) in [7, 11) is 0. The summed E-state index contributed by atoms with van der Waals surface area (Å²) in [5, 5.41) is 10.9. The topological polar surface area (TPSA) is 114 Å². The van der Waals surface area contributed by atoms with Gasteiger partial charge in [-0.15, -0.1) is 0 Å². The molecule has 0 saturated carbocycles. The van der Waals surface area contributed by atoms with E-state index in [1.807, 2.05) is 31.7 Å². The van der Waals surface area contributed by atoms with E-state index in [4.69, 9.17) is 0 Å². The fourth-order valence-corrected chi connectivity index (χ4v) is 3.81. The van der Waals surface area contributed by atoms with Gasteiger partial charge in [-0.2, -0.15) is 15.2 Å². The van der Waals surface area contributed by atoms with Crippen LogP contribution >= 0.6 is 0 Å². The van der Waals surface area contributed by atoms with E-state index in [-0.39, 0.29) is 23.4 Å². The minimum Gasteiger partial charge on any atom is -0.337 e. The average molecular weight is 384 g/mol. The summed E-state index contributed by atoms with van der Waals surface area (Å²) in [5.74, 6) is 1.48. The Kier molecular flexibility index (Phi) is 4.70. The zero-order valence-corrected chi connectivity index (χ0v) is 16.3. The average Bonchev–Trinajstić information content (AvgIpc) is 3.32. The minimum atomic E-state index is -0.178. The molecule has 1 aliphatic heterocycles. The van der Waals surface area contributed by atoms with Crippen LogP contribution in [0, 0.1) is 0 Å². The molecule has 0 aromatic carbocycles. The van der Waals surface area contributed by atoms with Crippen molar-refractivity contribution in [2.24, 2.45) is 0 Å². The second-order valence-corrected chi connectivity index (χ2v) is 7.39. The van der Waals surface area contributed by atoms with Gasteiger partial charge in [0.2, 0.25) is 0 Å². The first-order valence-electron chi connectivity index (χ1n) is 9.64. The van der Waals surface area contributed by atoms with E-state index >= 15 is 0 Å². The van der Waals surface area contributed by atoms with E-state index in [2.05, 4.69) is 25.3 Å². The molecule has 0 unspecified atom stereocenters. The molecule has 3 aromatic heterocycles. The quantitative estimate of drug-likeness (QED) is 0.722. The fraction of sp³-hybridized carbons (Fsp3) is 0.556. The summed E-state index contributed by atoms with van der Waals surface area (Å²) in [4.78, 5) is 35.2. The highest BCUT2D eigenvalue weighted by Gasteiger charge is 2.29. The molecule has 10 nitrogen and oxygen atoms in total. The maximum Gasteiger partial charge on any atom is 0.343 e. The number of aromatic amines is 1. The first kappa shape index (κ1) is 18.3. The largest absolute Gasteiger partial charge is 0.343 e. The van der Waals surface area contributed by atoms with Crippen molar-refractivity contribution in [2.45, 2.75) is 52.0 Å². The van der Waals surface area contributed by atoms with Crippen LogP contribution in [-0.2, 0) is 6.54 Å². The van der Waals surface area contributed by atoms with Crippen molar-refractivity contribution >= 4 is 11.7 Å². The van der Waals surface area contributed by atoms with E-state index in [0.29, 0.717) is 31.1 Å². The lowest BCUT2D eigenvalue weighted by molar-refractivity contribution is 0.0704. The van der Waals surface area contributed by atoms with E-state index in [9.17, 15) is 9.59 Å². The molecule has 1 saturated heterocycles. The number of piperidine rings is 1. The van der Waals surface area contributed by atoms with Gasteiger partial charge in [0.05, 0.1) is 5.69 Å². The Labute approximate surface area is 161 Å². The Bertz CT molecular complexity index is 1060. The van der Waals surface area contributed by atoms with Crippen LogP contribution in [0.15, 0.2) is 17.2 Å². The van der Waals surface area contributed by atoms with Gasteiger partial charge in [-0.3, -0.25) is 9.36 Å². The van der Waals surface area contributed by atoms with Crippen LogP contribution in [0.5, 0.6) is 0 Å². The molecule has 28 heavy (non-hydrogen) atoms. The molecule has 0 bridgehead atoms. The summed E-state index contributed by atoms with van der Waals surface area (Å²) in [5.41, 5.74) is 1.13. The smallest absolute Gasteiger partial charge is 0.337 e. The number of H-pyrrole nitrogens is 1. The zero-order chi connectivity index (χ0) is 19.8. The number of fused-ring (bicyclic) bond motifs is 1. The van der Waals surface area contributed by atoms with E-state index in [0.717, 1.165) is 24.4 Å². The van der Waals surface area contributed by atoms with Crippen molar-refractivity contribution in [3.8, 4) is 0 Å². The number of nitrogens with one attached hydrogen (secondary N) is 1. The lowest BCUT2D eigenvalue weighted by Gasteiger charge is -2.31. The zero-order valence-electron chi connectivity index (χ0n) is 16.3. The maximum atomic E-state index is 13.0. The number of aromatic nitrogens is 7. The highest BCUT2D eigenvalue weighted by atomic mass is 16.2. The van der Waals surface area contributed by atoms with Gasteiger partial charge in [0, 0.05) is 25.6 Å². The fourth-order valence-electron chi connectivity index (χ4n) is 3.81. The van der Waals surface area contributed by atoms with Gasteiger partial charge in [0.25, 0.3) is 11.7 Å². The second-order valence-electron chi connectivity index (χ2n) is 7.39. The number of hydrogen-bond donors (Lipinski definition) is 1. The molecule has 0 radical (unpaired) electrons. The summed E-state index contributed by atoms with van der Waals surface area (Å²) in [6.45, 7) is 7.82. The second kappa shape index (κ2) is 7.17. The highest BCUT2D eigenvalue weighted by Crippen LogP contribution is 2.27. The van der Waals surface area contributed by atoms with Crippen molar-refractivity contribution < 1.29 is 4.79 Å². The number of likely N-dealkylation sites (tertiary alicyclic amines) is 1. The van der Waals surface area contributed by atoms with E-state index < -0.39 is 0 Å². The molecule has 0 aliphatic carbocycles. The van der Waals surface area contributed by atoms with Crippen molar-refractivity contribution in [1.29, 1.82) is 0 Å². The molecule has 1 aliphatic rings. The summed E-state index contributed by atoms with van der Waals surface area (Å²) in [6, 6.07) is 1.81. The van der Waals surface area contributed by atoms with Gasteiger partial charge >= 0.3 is 5.69 Å². The molecule has 1 fully saturated rings. The molecule has 1 N–H and O–H groups in total. The van der Waals surface area contributed by atoms with Crippen LogP contribution < -0.4 is 5.69 Å². The molecule has 148 valence electrons. The van der Waals surface area contributed by atoms with Crippen LogP contribution in [0.4, 0.5) is 0 Å². The maximum absolute atomic E-state index is 13.0. The number of hydrogen-bond acceptors (Lipinski definition) is 6. The van der Waals surface area contributed by atoms with Gasteiger partial charge in [-0.05, 0) is 31.7 Å². The summed E-state index contributed by atoms with van der Waals surface area (Å²) in [6.07, 6.45) is 2.98. The molecule has 1 amide bonds. The molecular weight excluding hydrogens is 360 g/mol. The Hall–Kier alpha value is -3.04. The lowest BCUT2D eigenvalue weighted by atomic mass is 9.95. The molecule has 4 heterocycles. The van der Waals surface area contributed by atoms with Gasteiger partial charge in [-0.25, -0.2) is 19.4 Å². The molecule has 0 atom stereocenters. The van der Waals surface area contributed by atoms with Crippen molar-refractivity contribution in [3.63, 3.8) is 0 Å². The standard InChI is InChI=1S/C18H24N8O2/c1-4-25-15(22-23-18(25)28)12-5-7-24(8-6-12)16(27)13-9-14(11(2)3)26-17(21-13)19-10-20-26/h9-12H,4-8H2,1-3H3,(H,23,28). The first-order valence-corrected chi connectivity index (χ1v) is 9.64. The van der Waals surface area contributed by atoms with Gasteiger partial charge < -0.3 is 4.90 Å². The van der Waals surface area contributed by atoms with Crippen LogP contribution in [0.3, 0.4) is 0 Å². The predicted molar refractivity (Wildman–Crippen MR) is 101 cm³/mol. The van der Waals surface area contributed by atoms with Crippen LogP contribution in [0.1, 0.15) is 67.5 Å². The Morgan fingerprint density at radius 2 is 2.07 bits per heavy atom. The third-order valence-electron chi connectivity index (χ3n) is 5.34. The summed E-state index contributed by atoms with van der Waals surface area (Å²) >= 11 is 0. The number of nitrogens with zero attached hydrogens (tertiary/aromatic N) is 7. The van der Waals surface area contributed by atoms with Gasteiger partial charge in [-0.1, -0.05) is 13.8 Å². The van der Waals surface area contributed by atoms with Crippen LogP contribution in [0.25, 0.3) is 5.78 Å². The number of amides is 1. The van der Waals surface area contributed by atoms with Crippen molar-refractivity contribution in [3.05, 3.63) is 40.1 Å². The molecule has 10 heteroatoms. The monoisotopic (exact) mass is 384 g/mol. The number of carbonyl (C=O) groups excluding carboxylic acids is 1. The Balaban J connectivity index is 1.53. The molecule has 3 aromatic rings. The van der Waals surface area contributed by atoms with Crippen molar-refractivity contribution in [2.75, 3.05) is 13.1 Å². The summed E-state index contributed by atoms with van der Waals surface area (Å²) < 4.78 is 3.34. The third-order valence-corrected chi connectivity index (χ3v) is 5.34. The Morgan fingerprint density at radius 3 is 2.75 bits per heavy atom. The van der Waals surface area contributed by atoms with Crippen LogP contribution in [0.2, 0.25) is 0 Å². The van der Waals surface area contributed by atoms with Crippen LogP contribution in [-0.4, -0.2) is 58.2 Å². The number of rotatable bonds is 4. The van der Waals surface area contributed by atoms with Gasteiger partial charge in [0.15, 0.2) is 0 Å². The Morgan fingerprint density at radius 1 is 1.32 bits per heavy atom. The predicted octanol–water partition coefficient (Wildman–Crippen LogP) is 1.17. The van der Waals surface area contributed by atoms with E-state index in [1.165, 1.54) is 6.33 Å². The first-order chi connectivity index (χ1) is 13.5. The molecular formula is C18H24N8O2. The third kappa shape index (κ3) is 3.08. The highest BCUT2D eigenvalue weighted by molar-refractivity contribution is 5.93. The molecule has 4 rings (SSSR count). The SMILES string of the molecule is CCn1c(C2CCN(C(=O)c3cc(C(C)C)n4ncnc4n3)CC2)n[nH]c1=O. The lowest BCUT2D eigenvalue weighted by Crippen LogP contribution is -2.39. The van der Waals surface area contributed by atoms with Gasteiger partial charge in [0.1, 0.15) is 17.8 Å². The van der Waals surface area contributed by atoms with Crippen molar-refractivity contribution in [1.82, 2.24) is 39.2 Å².